The van der Waals surface area contributed by atoms with Crippen LogP contribution in [0.5, 0.6) is 11.5 Å². The van der Waals surface area contributed by atoms with Crippen LogP contribution in [0.2, 0.25) is 0 Å². The highest BCUT2D eigenvalue weighted by Crippen LogP contribution is 2.30. The average molecular weight is 444 g/mol. The second kappa shape index (κ2) is 11.3. The number of rotatable bonds is 8. The number of benzene rings is 2. The Morgan fingerprint density at radius 3 is 2.50 bits per heavy atom. The van der Waals surface area contributed by atoms with Gasteiger partial charge < -0.3 is 19.7 Å². The maximum atomic E-state index is 12.5. The Hall–Kier alpha value is -3.42. The average Bonchev–Trinajstić information content (AvgIpc) is 2.80. The Morgan fingerprint density at radius 1 is 1.12 bits per heavy atom. The van der Waals surface area contributed by atoms with E-state index >= 15 is 0 Å². The number of halogens is 2. The SMILES string of the molecule is CCOc1cc(/C=C/C(=O)N2CCC(NC(=O)c3ccccc3)CC2)ccc1OC(F)F. The van der Waals surface area contributed by atoms with Crippen molar-refractivity contribution in [1.82, 2.24) is 10.2 Å². The van der Waals surface area contributed by atoms with E-state index in [1.807, 2.05) is 18.2 Å². The molecule has 32 heavy (non-hydrogen) atoms. The highest BCUT2D eigenvalue weighted by Gasteiger charge is 2.23. The van der Waals surface area contributed by atoms with Crippen LogP contribution in [-0.2, 0) is 4.79 Å². The second-order valence-corrected chi connectivity index (χ2v) is 7.29. The molecule has 0 saturated carbocycles. The first-order valence-electron chi connectivity index (χ1n) is 10.5. The number of nitrogens with one attached hydrogen (secondary N) is 1. The molecule has 1 saturated heterocycles. The van der Waals surface area contributed by atoms with Gasteiger partial charge in [-0.15, -0.1) is 0 Å². The largest absolute Gasteiger partial charge is 0.490 e. The molecular weight excluding hydrogens is 418 g/mol. The molecule has 6 nitrogen and oxygen atoms in total. The summed E-state index contributed by atoms with van der Waals surface area (Å²) in [4.78, 5) is 26.5. The van der Waals surface area contributed by atoms with Gasteiger partial charge in [-0.1, -0.05) is 24.3 Å². The van der Waals surface area contributed by atoms with Crippen LogP contribution in [0.1, 0.15) is 35.7 Å². The van der Waals surface area contributed by atoms with E-state index in [9.17, 15) is 18.4 Å². The number of carbonyl (C=O) groups excluding carboxylic acids is 2. The van der Waals surface area contributed by atoms with Crippen molar-refractivity contribution in [1.29, 1.82) is 0 Å². The lowest BCUT2D eigenvalue weighted by molar-refractivity contribution is -0.127. The summed E-state index contributed by atoms with van der Waals surface area (Å²) in [5.41, 5.74) is 1.25. The number of amides is 2. The molecule has 0 aromatic heterocycles. The van der Waals surface area contributed by atoms with Crippen LogP contribution in [0.4, 0.5) is 8.78 Å². The Morgan fingerprint density at radius 2 is 1.84 bits per heavy atom. The Labute approximate surface area is 185 Å². The minimum absolute atomic E-state index is 0.0202. The van der Waals surface area contributed by atoms with E-state index in [0.717, 1.165) is 0 Å². The van der Waals surface area contributed by atoms with Crippen LogP contribution in [0.15, 0.2) is 54.6 Å². The fourth-order valence-electron chi connectivity index (χ4n) is 3.47. The molecule has 0 spiro atoms. The zero-order valence-corrected chi connectivity index (χ0v) is 17.8. The molecule has 0 atom stereocenters. The van der Waals surface area contributed by atoms with Crippen LogP contribution in [-0.4, -0.2) is 49.1 Å². The highest BCUT2D eigenvalue weighted by molar-refractivity contribution is 5.94. The van der Waals surface area contributed by atoms with Gasteiger partial charge in [0.25, 0.3) is 5.91 Å². The minimum Gasteiger partial charge on any atom is -0.490 e. The smallest absolute Gasteiger partial charge is 0.387 e. The first-order valence-corrected chi connectivity index (χ1v) is 10.5. The highest BCUT2D eigenvalue weighted by atomic mass is 19.3. The van der Waals surface area contributed by atoms with Crippen LogP contribution in [0.3, 0.4) is 0 Å². The summed E-state index contributed by atoms with van der Waals surface area (Å²) in [6, 6.07) is 13.6. The van der Waals surface area contributed by atoms with E-state index in [-0.39, 0.29) is 29.4 Å². The van der Waals surface area contributed by atoms with Crippen LogP contribution >= 0.6 is 0 Å². The van der Waals surface area contributed by atoms with Gasteiger partial charge in [0.05, 0.1) is 6.61 Å². The van der Waals surface area contributed by atoms with Crippen molar-refractivity contribution in [3.8, 4) is 11.5 Å². The summed E-state index contributed by atoms with van der Waals surface area (Å²) in [6.45, 7) is 0.159. The van der Waals surface area contributed by atoms with Gasteiger partial charge in [-0.3, -0.25) is 9.59 Å². The fraction of sp³-hybridized carbons (Fsp3) is 0.333. The lowest BCUT2D eigenvalue weighted by atomic mass is 10.0. The van der Waals surface area contributed by atoms with Crippen LogP contribution in [0.25, 0.3) is 6.08 Å². The van der Waals surface area contributed by atoms with Crippen molar-refractivity contribution in [3.63, 3.8) is 0 Å². The van der Waals surface area contributed by atoms with Gasteiger partial charge >= 0.3 is 6.61 Å². The van der Waals surface area contributed by atoms with Gasteiger partial charge in [-0.25, -0.2) is 0 Å². The molecule has 0 aliphatic carbocycles. The quantitative estimate of drug-likeness (QED) is 0.622. The number of piperidine rings is 1. The second-order valence-electron chi connectivity index (χ2n) is 7.29. The number of hydrogen-bond donors (Lipinski definition) is 1. The van der Waals surface area contributed by atoms with Crippen molar-refractivity contribution < 1.29 is 27.8 Å². The molecule has 170 valence electrons. The van der Waals surface area contributed by atoms with E-state index in [4.69, 9.17) is 4.74 Å². The summed E-state index contributed by atoms with van der Waals surface area (Å²) >= 11 is 0. The monoisotopic (exact) mass is 444 g/mol. The minimum atomic E-state index is -2.95. The van der Waals surface area contributed by atoms with Crippen LogP contribution < -0.4 is 14.8 Å². The molecule has 2 aromatic rings. The third-order valence-electron chi connectivity index (χ3n) is 5.08. The van der Waals surface area contributed by atoms with Crippen molar-refractivity contribution in [2.45, 2.75) is 32.4 Å². The maximum Gasteiger partial charge on any atom is 0.387 e. The number of hydrogen-bond acceptors (Lipinski definition) is 4. The van der Waals surface area contributed by atoms with Crippen molar-refractivity contribution in [2.24, 2.45) is 0 Å². The van der Waals surface area contributed by atoms with Crippen molar-refractivity contribution in [3.05, 3.63) is 65.7 Å². The molecular formula is C24H26F2N2O4. The van der Waals surface area contributed by atoms with Gasteiger partial charge in [-0.05, 0) is 55.7 Å². The predicted molar refractivity (Wildman–Crippen MR) is 117 cm³/mol. The van der Waals surface area contributed by atoms with Gasteiger partial charge in [0, 0.05) is 30.8 Å². The first-order chi connectivity index (χ1) is 15.5. The zero-order chi connectivity index (χ0) is 22.9. The van der Waals surface area contributed by atoms with Gasteiger partial charge in [0.2, 0.25) is 5.91 Å². The summed E-state index contributed by atoms with van der Waals surface area (Å²) in [7, 11) is 0. The van der Waals surface area contributed by atoms with E-state index in [2.05, 4.69) is 10.1 Å². The molecule has 1 aliphatic heterocycles. The van der Waals surface area contributed by atoms with Gasteiger partial charge in [-0.2, -0.15) is 8.78 Å². The number of alkyl halides is 2. The Kier molecular flexibility index (Phi) is 8.19. The predicted octanol–water partition coefficient (Wildman–Crippen LogP) is 4.12. The summed E-state index contributed by atoms with van der Waals surface area (Å²) in [5.74, 6) is -0.120. The molecule has 2 amide bonds. The Balaban J connectivity index is 1.53. The van der Waals surface area contributed by atoms with Gasteiger partial charge in [0.1, 0.15) is 0 Å². The van der Waals surface area contributed by atoms with E-state index in [1.54, 1.807) is 42.2 Å². The molecule has 0 bridgehead atoms. The lowest BCUT2D eigenvalue weighted by Crippen LogP contribution is -2.46. The zero-order valence-electron chi connectivity index (χ0n) is 17.8. The maximum absolute atomic E-state index is 12.5. The lowest BCUT2D eigenvalue weighted by Gasteiger charge is -2.31. The molecule has 0 radical (unpaired) electrons. The number of carbonyl (C=O) groups is 2. The standard InChI is InChI=1S/C24H26F2N2O4/c1-2-31-21-16-17(8-10-20(21)32-24(25)26)9-11-22(29)28-14-12-19(13-15-28)27-23(30)18-6-4-3-5-7-18/h3-11,16,19,24H,2,12-15H2,1H3,(H,27,30)/b11-9+. The molecule has 1 heterocycles. The molecule has 1 fully saturated rings. The third-order valence-corrected chi connectivity index (χ3v) is 5.08. The fourth-order valence-corrected chi connectivity index (χ4v) is 3.47. The molecule has 1 N–H and O–H groups in total. The first kappa shape index (κ1) is 23.2. The van der Waals surface area contributed by atoms with Crippen LogP contribution in [0, 0.1) is 0 Å². The number of ether oxygens (including phenoxy) is 2. The van der Waals surface area contributed by atoms with E-state index < -0.39 is 6.61 Å². The molecule has 1 aliphatic rings. The van der Waals surface area contributed by atoms with Gasteiger partial charge in [0.15, 0.2) is 11.5 Å². The summed E-state index contributed by atoms with van der Waals surface area (Å²) < 4.78 is 34.8. The topological polar surface area (TPSA) is 67.9 Å². The Bertz CT molecular complexity index is 942. The summed E-state index contributed by atoms with van der Waals surface area (Å²) in [6.07, 6.45) is 4.40. The van der Waals surface area contributed by atoms with E-state index in [1.165, 1.54) is 12.1 Å². The molecule has 2 aromatic carbocycles. The molecule has 0 unspecified atom stereocenters. The number of likely N-dealkylation sites (tertiary alicyclic amines) is 1. The molecule has 8 heteroatoms. The third kappa shape index (κ3) is 6.54. The number of nitrogens with zero attached hydrogens (tertiary/aromatic N) is 1. The summed E-state index contributed by atoms with van der Waals surface area (Å²) in [5, 5.41) is 3.02. The van der Waals surface area contributed by atoms with E-state index in [0.29, 0.717) is 43.7 Å². The van der Waals surface area contributed by atoms with Crippen molar-refractivity contribution in [2.75, 3.05) is 19.7 Å². The normalized spacial score (nSPS) is 14.6. The van der Waals surface area contributed by atoms with Crippen molar-refractivity contribution >= 4 is 17.9 Å². The molecule has 3 rings (SSSR count).